The number of anilines is 1. The van der Waals surface area contributed by atoms with E-state index in [2.05, 4.69) is 4.98 Å². The Morgan fingerprint density at radius 2 is 2.44 bits per heavy atom. The van der Waals surface area contributed by atoms with Gasteiger partial charge in [-0.05, 0) is 18.2 Å². The summed E-state index contributed by atoms with van der Waals surface area (Å²) in [5.41, 5.74) is 6.41. The Kier molecular flexibility index (Phi) is 3.88. The van der Waals surface area contributed by atoms with Crippen LogP contribution in [0, 0.1) is 0 Å². The molecule has 0 fully saturated rings. The second-order valence-corrected chi connectivity index (χ2v) is 4.45. The number of furan rings is 1. The van der Waals surface area contributed by atoms with E-state index in [1.54, 1.807) is 12.3 Å². The van der Waals surface area contributed by atoms with Crippen molar-refractivity contribution in [1.29, 1.82) is 0 Å². The lowest BCUT2D eigenvalue weighted by atomic mass is 10.3. The van der Waals surface area contributed by atoms with Gasteiger partial charge in [-0.25, -0.2) is 9.78 Å². The first-order valence-corrected chi connectivity index (χ1v) is 6.18. The summed E-state index contributed by atoms with van der Waals surface area (Å²) >= 11 is 1.40. The molecule has 2 aromatic heterocycles. The monoisotopic (exact) mass is 264 g/mol. The first-order chi connectivity index (χ1) is 8.70. The minimum absolute atomic E-state index is 0.369. The summed E-state index contributed by atoms with van der Waals surface area (Å²) in [6.45, 7) is 0. The van der Waals surface area contributed by atoms with Gasteiger partial charge < -0.3 is 14.9 Å². The van der Waals surface area contributed by atoms with Crippen molar-refractivity contribution in [2.45, 2.75) is 10.8 Å². The summed E-state index contributed by atoms with van der Waals surface area (Å²) in [4.78, 5) is 15.7. The summed E-state index contributed by atoms with van der Waals surface area (Å²) < 4.78 is 9.91. The Bertz CT molecular complexity index is 540. The maximum Gasteiger partial charge on any atom is 0.340 e. The summed E-state index contributed by atoms with van der Waals surface area (Å²) in [5, 5.41) is 0.576. The third kappa shape index (κ3) is 2.84. The molecule has 0 saturated carbocycles. The Balaban J connectivity index is 2.18. The second kappa shape index (κ2) is 5.59. The van der Waals surface area contributed by atoms with Gasteiger partial charge in [0.05, 0.1) is 36.6 Å². The fraction of sp³-hybridized carbons (Fsp3) is 0.167. The molecular formula is C12H12N2O3S. The number of rotatable bonds is 4. The fourth-order valence-electron chi connectivity index (χ4n) is 1.37. The molecule has 0 unspecified atom stereocenters. The van der Waals surface area contributed by atoms with Crippen LogP contribution >= 0.6 is 11.8 Å². The Labute approximate surface area is 108 Å². The van der Waals surface area contributed by atoms with E-state index >= 15 is 0 Å². The van der Waals surface area contributed by atoms with E-state index in [1.807, 2.05) is 12.1 Å². The van der Waals surface area contributed by atoms with Gasteiger partial charge in [0.25, 0.3) is 0 Å². The lowest BCUT2D eigenvalue weighted by Crippen LogP contribution is -2.05. The molecule has 0 radical (unpaired) electrons. The highest BCUT2D eigenvalue weighted by molar-refractivity contribution is 7.98. The molecule has 5 nitrogen and oxygen atoms in total. The number of hydrogen-bond acceptors (Lipinski definition) is 6. The first kappa shape index (κ1) is 12.5. The molecule has 2 N–H and O–H groups in total. The third-order valence-corrected chi connectivity index (χ3v) is 3.24. The van der Waals surface area contributed by atoms with Crippen LogP contribution in [0.3, 0.4) is 0 Å². The van der Waals surface area contributed by atoms with Gasteiger partial charge >= 0.3 is 5.97 Å². The summed E-state index contributed by atoms with van der Waals surface area (Å²) in [5.74, 6) is 0.958. The van der Waals surface area contributed by atoms with Crippen LogP contribution in [-0.2, 0) is 10.5 Å². The number of nitrogens with two attached hydrogens (primary N) is 1. The second-order valence-electron chi connectivity index (χ2n) is 3.48. The smallest absolute Gasteiger partial charge is 0.340 e. The SMILES string of the molecule is COC(=O)c1cc(N)cnc1SCc1ccco1. The number of nitrogen functional groups attached to an aromatic ring is 1. The van der Waals surface area contributed by atoms with E-state index in [0.29, 0.717) is 22.0 Å². The summed E-state index contributed by atoms with van der Waals surface area (Å²) in [6.07, 6.45) is 3.12. The third-order valence-electron chi connectivity index (χ3n) is 2.21. The Hall–Kier alpha value is -1.95. The molecule has 6 heteroatoms. The van der Waals surface area contributed by atoms with Crippen molar-refractivity contribution in [2.75, 3.05) is 12.8 Å². The van der Waals surface area contributed by atoms with Crippen LogP contribution in [0.4, 0.5) is 5.69 Å². The van der Waals surface area contributed by atoms with Crippen LogP contribution in [-0.4, -0.2) is 18.1 Å². The molecule has 0 saturated heterocycles. The topological polar surface area (TPSA) is 78.4 Å². The number of esters is 1. The molecule has 0 aliphatic carbocycles. The summed E-state index contributed by atoms with van der Waals surface area (Å²) in [7, 11) is 1.33. The number of thioether (sulfide) groups is 1. The molecule has 0 spiro atoms. The molecule has 0 atom stereocenters. The molecular weight excluding hydrogens is 252 g/mol. The highest BCUT2D eigenvalue weighted by atomic mass is 32.2. The molecule has 2 aromatic rings. The number of carbonyl (C=O) groups excluding carboxylic acids is 1. The van der Waals surface area contributed by atoms with Crippen LogP contribution in [0.25, 0.3) is 0 Å². The van der Waals surface area contributed by atoms with Gasteiger partial charge in [-0.2, -0.15) is 0 Å². The highest BCUT2D eigenvalue weighted by Crippen LogP contribution is 2.26. The molecule has 0 amide bonds. The van der Waals surface area contributed by atoms with Crippen molar-refractivity contribution in [3.8, 4) is 0 Å². The van der Waals surface area contributed by atoms with Crippen molar-refractivity contribution in [3.63, 3.8) is 0 Å². The fourth-order valence-corrected chi connectivity index (χ4v) is 2.24. The van der Waals surface area contributed by atoms with Gasteiger partial charge in [0, 0.05) is 0 Å². The number of nitrogens with zero attached hydrogens (tertiary/aromatic N) is 1. The minimum Gasteiger partial charge on any atom is -0.468 e. The lowest BCUT2D eigenvalue weighted by molar-refractivity contribution is 0.0596. The number of hydrogen-bond donors (Lipinski definition) is 1. The first-order valence-electron chi connectivity index (χ1n) is 5.19. The standard InChI is InChI=1S/C12H12N2O3S/c1-16-12(15)10-5-8(13)6-14-11(10)18-7-9-3-2-4-17-9/h2-6H,7,13H2,1H3. The molecule has 2 rings (SSSR count). The number of carbonyl (C=O) groups is 1. The van der Waals surface area contributed by atoms with E-state index in [4.69, 9.17) is 14.9 Å². The predicted molar refractivity (Wildman–Crippen MR) is 68.3 cm³/mol. The average molecular weight is 264 g/mol. The van der Waals surface area contributed by atoms with Crippen LogP contribution in [0.5, 0.6) is 0 Å². The zero-order valence-corrected chi connectivity index (χ0v) is 10.6. The summed E-state index contributed by atoms with van der Waals surface area (Å²) in [6, 6.07) is 5.24. The van der Waals surface area contributed by atoms with Crippen LogP contribution in [0.1, 0.15) is 16.1 Å². The molecule has 0 aliphatic heterocycles. The van der Waals surface area contributed by atoms with E-state index < -0.39 is 5.97 Å². The van der Waals surface area contributed by atoms with Crippen molar-refractivity contribution in [1.82, 2.24) is 4.98 Å². The van der Waals surface area contributed by atoms with E-state index in [-0.39, 0.29) is 0 Å². The van der Waals surface area contributed by atoms with E-state index in [0.717, 1.165) is 5.76 Å². The number of pyridine rings is 1. The molecule has 18 heavy (non-hydrogen) atoms. The highest BCUT2D eigenvalue weighted by Gasteiger charge is 2.14. The van der Waals surface area contributed by atoms with Crippen LogP contribution < -0.4 is 5.73 Å². The molecule has 0 bridgehead atoms. The number of aromatic nitrogens is 1. The minimum atomic E-state index is -0.447. The van der Waals surface area contributed by atoms with Gasteiger partial charge in [-0.3, -0.25) is 0 Å². The van der Waals surface area contributed by atoms with Crippen molar-refractivity contribution in [3.05, 3.63) is 42.0 Å². The number of ether oxygens (including phenoxy) is 1. The predicted octanol–water partition coefficient (Wildman–Crippen LogP) is 2.34. The van der Waals surface area contributed by atoms with E-state index in [1.165, 1.54) is 25.1 Å². The quantitative estimate of drug-likeness (QED) is 0.674. The zero-order chi connectivity index (χ0) is 13.0. The van der Waals surface area contributed by atoms with Gasteiger partial charge in [0.15, 0.2) is 0 Å². The van der Waals surface area contributed by atoms with Crippen molar-refractivity contribution >= 4 is 23.4 Å². The van der Waals surface area contributed by atoms with Crippen LogP contribution in [0.2, 0.25) is 0 Å². The molecule has 94 valence electrons. The van der Waals surface area contributed by atoms with Gasteiger partial charge in [0.1, 0.15) is 10.8 Å². The molecule has 0 aromatic carbocycles. The maximum absolute atomic E-state index is 11.6. The Morgan fingerprint density at radius 3 is 3.11 bits per heavy atom. The molecule has 0 aliphatic rings. The van der Waals surface area contributed by atoms with Crippen molar-refractivity contribution < 1.29 is 13.9 Å². The van der Waals surface area contributed by atoms with Gasteiger partial charge in [0.2, 0.25) is 0 Å². The normalized spacial score (nSPS) is 10.3. The molecule has 2 heterocycles. The van der Waals surface area contributed by atoms with Gasteiger partial charge in [-0.15, -0.1) is 0 Å². The van der Waals surface area contributed by atoms with Gasteiger partial charge in [-0.1, -0.05) is 11.8 Å². The van der Waals surface area contributed by atoms with Crippen molar-refractivity contribution in [2.24, 2.45) is 0 Å². The number of methoxy groups -OCH3 is 1. The van der Waals surface area contributed by atoms with E-state index in [9.17, 15) is 4.79 Å². The largest absolute Gasteiger partial charge is 0.468 e. The maximum atomic E-state index is 11.6. The Morgan fingerprint density at radius 1 is 1.61 bits per heavy atom. The zero-order valence-electron chi connectivity index (χ0n) is 9.75. The average Bonchev–Trinajstić information content (AvgIpc) is 2.89. The van der Waals surface area contributed by atoms with Crippen LogP contribution in [0.15, 0.2) is 40.1 Å². The lowest BCUT2D eigenvalue weighted by Gasteiger charge is -2.06.